The van der Waals surface area contributed by atoms with Gasteiger partial charge in [0.05, 0.1) is 6.10 Å². The van der Waals surface area contributed by atoms with Gasteiger partial charge in [-0.3, -0.25) is 4.79 Å². The average molecular weight is 301 g/mol. The first-order valence-electron chi connectivity index (χ1n) is 5.51. The number of amides is 1. The lowest BCUT2D eigenvalue weighted by Gasteiger charge is -2.07. The molecule has 0 saturated carbocycles. The molecule has 1 unspecified atom stereocenters. The number of hydrogen-bond donors (Lipinski definition) is 3. The zero-order valence-electron chi connectivity index (χ0n) is 9.74. The molecule has 4 N–H and O–H groups in total. The first-order chi connectivity index (χ1) is 7.99. The van der Waals surface area contributed by atoms with E-state index >= 15 is 0 Å². The molecule has 0 radical (unpaired) electrons. The van der Waals surface area contributed by atoms with Crippen molar-refractivity contribution in [3.05, 3.63) is 28.2 Å². The lowest BCUT2D eigenvalue weighted by Crippen LogP contribution is -2.25. The zero-order valence-corrected chi connectivity index (χ0v) is 11.3. The van der Waals surface area contributed by atoms with Gasteiger partial charge in [0.2, 0.25) is 0 Å². The number of anilines is 1. The van der Waals surface area contributed by atoms with Crippen molar-refractivity contribution < 1.29 is 9.90 Å². The monoisotopic (exact) mass is 300 g/mol. The van der Waals surface area contributed by atoms with Crippen molar-refractivity contribution in [2.45, 2.75) is 25.9 Å². The number of halogens is 1. The van der Waals surface area contributed by atoms with Gasteiger partial charge in [0.15, 0.2) is 0 Å². The number of aliphatic hydroxyl groups excluding tert-OH is 1. The minimum absolute atomic E-state index is 0.149. The molecule has 0 aliphatic heterocycles. The maximum atomic E-state index is 11.7. The molecule has 1 amide bonds. The molecule has 5 heteroatoms. The minimum Gasteiger partial charge on any atom is -0.399 e. The van der Waals surface area contributed by atoms with Gasteiger partial charge in [0.25, 0.3) is 5.91 Å². The van der Waals surface area contributed by atoms with Gasteiger partial charge in [-0.1, -0.05) is 15.9 Å². The van der Waals surface area contributed by atoms with E-state index in [1.165, 1.54) is 0 Å². The van der Waals surface area contributed by atoms with Gasteiger partial charge in [0.1, 0.15) is 0 Å². The van der Waals surface area contributed by atoms with Crippen LogP contribution in [0.2, 0.25) is 0 Å². The van der Waals surface area contributed by atoms with Crippen LogP contribution in [0.1, 0.15) is 30.1 Å². The number of aliphatic hydroxyl groups is 1. The summed E-state index contributed by atoms with van der Waals surface area (Å²) in [6, 6.07) is 5.10. The third-order valence-electron chi connectivity index (χ3n) is 2.27. The van der Waals surface area contributed by atoms with Gasteiger partial charge >= 0.3 is 0 Å². The molecule has 1 atom stereocenters. The first-order valence-corrected chi connectivity index (χ1v) is 6.30. The fourth-order valence-corrected chi connectivity index (χ4v) is 1.96. The van der Waals surface area contributed by atoms with E-state index in [4.69, 9.17) is 10.8 Å². The van der Waals surface area contributed by atoms with Crippen LogP contribution in [0.15, 0.2) is 22.7 Å². The minimum atomic E-state index is -0.326. The van der Waals surface area contributed by atoms with E-state index in [1.54, 1.807) is 25.1 Å². The highest BCUT2D eigenvalue weighted by molar-refractivity contribution is 9.10. The molecular formula is C12H17BrN2O2. The van der Waals surface area contributed by atoms with Crippen LogP contribution in [0.25, 0.3) is 0 Å². The third-order valence-corrected chi connectivity index (χ3v) is 2.72. The van der Waals surface area contributed by atoms with E-state index in [2.05, 4.69) is 21.2 Å². The maximum Gasteiger partial charge on any atom is 0.251 e. The Morgan fingerprint density at radius 3 is 2.82 bits per heavy atom. The first kappa shape index (κ1) is 14.0. The number of carbonyl (C=O) groups is 1. The largest absolute Gasteiger partial charge is 0.399 e. The van der Waals surface area contributed by atoms with Crippen LogP contribution in [0.5, 0.6) is 0 Å². The lowest BCUT2D eigenvalue weighted by atomic mass is 10.2. The molecular weight excluding hydrogens is 284 g/mol. The summed E-state index contributed by atoms with van der Waals surface area (Å²) >= 11 is 3.29. The van der Waals surface area contributed by atoms with Crippen molar-refractivity contribution in [2.75, 3.05) is 12.3 Å². The Morgan fingerprint density at radius 2 is 2.24 bits per heavy atom. The molecule has 0 aliphatic carbocycles. The van der Waals surface area contributed by atoms with Crippen molar-refractivity contribution in [1.29, 1.82) is 0 Å². The molecule has 0 aliphatic rings. The fraction of sp³-hybridized carbons (Fsp3) is 0.417. The fourth-order valence-electron chi connectivity index (χ4n) is 1.44. The van der Waals surface area contributed by atoms with Crippen molar-refractivity contribution in [1.82, 2.24) is 5.32 Å². The number of nitrogens with two attached hydrogens (primary N) is 1. The summed E-state index contributed by atoms with van der Waals surface area (Å²) in [5, 5.41) is 11.9. The van der Waals surface area contributed by atoms with E-state index in [0.29, 0.717) is 24.2 Å². The summed E-state index contributed by atoms with van der Waals surface area (Å²) in [5.41, 5.74) is 6.73. The van der Waals surface area contributed by atoms with E-state index in [9.17, 15) is 4.79 Å². The van der Waals surface area contributed by atoms with Crippen molar-refractivity contribution in [2.24, 2.45) is 0 Å². The molecule has 0 heterocycles. The quantitative estimate of drug-likeness (QED) is 0.574. The van der Waals surface area contributed by atoms with Crippen LogP contribution in [0, 0.1) is 0 Å². The number of carbonyl (C=O) groups excluding carboxylic acids is 1. The Balaban J connectivity index is 2.47. The molecule has 1 aromatic rings. The standard InChI is InChI=1S/C12H17BrN2O2/c1-8(16)3-2-4-15-12(17)9-5-10(13)7-11(14)6-9/h5-8,16H,2-4,14H2,1H3,(H,15,17). The van der Waals surface area contributed by atoms with Gasteiger partial charge in [-0.15, -0.1) is 0 Å². The second kappa shape index (κ2) is 6.61. The topological polar surface area (TPSA) is 75.3 Å². The van der Waals surface area contributed by atoms with Crippen LogP contribution in [0.3, 0.4) is 0 Å². The summed E-state index contributed by atoms with van der Waals surface area (Å²) in [4.78, 5) is 11.7. The number of benzene rings is 1. The van der Waals surface area contributed by atoms with Crippen LogP contribution < -0.4 is 11.1 Å². The third kappa shape index (κ3) is 5.19. The molecule has 0 aromatic heterocycles. The summed E-state index contributed by atoms with van der Waals surface area (Å²) in [6.07, 6.45) is 1.11. The number of nitrogen functional groups attached to an aromatic ring is 1. The molecule has 1 rings (SSSR count). The zero-order chi connectivity index (χ0) is 12.8. The summed E-state index contributed by atoms with van der Waals surface area (Å²) < 4.78 is 0.784. The van der Waals surface area contributed by atoms with Gasteiger partial charge in [-0.25, -0.2) is 0 Å². The van der Waals surface area contributed by atoms with Gasteiger partial charge in [0, 0.05) is 22.3 Å². The van der Waals surface area contributed by atoms with Crippen molar-refractivity contribution >= 4 is 27.5 Å². The highest BCUT2D eigenvalue weighted by Crippen LogP contribution is 2.17. The Labute approximate surface area is 109 Å². The van der Waals surface area contributed by atoms with Gasteiger partial charge < -0.3 is 16.2 Å². The van der Waals surface area contributed by atoms with Crippen LogP contribution in [-0.2, 0) is 0 Å². The molecule has 0 fully saturated rings. The van der Waals surface area contributed by atoms with Crippen LogP contribution in [-0.4, -0.2) is 23.7 Å². The second-order valence-corrected chi connectivity index (χ2v) is 4.94. The summed E-state index contributed by atoms with van der Waals surface area (Å²) in [5.74, 6) is -0.149. The van der Waals surface area contributed by atoms with E-state index in [1.807, 2.05) is 0 Å². The van der Waals surface area contributed by atoms with E-state index in [0.717, 1.165) is 10.9 Å². The highest BCUT2D eigenvalue weighted by Gasteiger charge is 2.06. The van der Waals surface area contributed by atoms with Crippen LogP contribution in [0.4, 0.5) is 5.69 Å². The number of hydrogen-bond acceptors (Lipinski definition) is 3. The van der Waals surface area contributed by atoms with Crippen molar-refractivity contribution in [3.63, 3.8) is 0 Å². The normalized spacial score (nSPS) is 12.2. The molecule has 4 nitrogen and oxygen atoms in total. The molecule has 0 saturated heterocycles. The Kier molecular flexibility index (Phi) is 5.44. The average Bonchev–Trinajstić information content (AvgIpc) is 2.22. The molecule has 0 spiro atoms. The Bertz CT molecular complexity index is 374. The predicted molar refractivity (Wildman–Crippen MR) is 71.8 cm³/mol. The van der Waals surface area contributed by atoms with Gasteiger partial charge in [-0.2, -0.15) is 0 Å². The molecule has 0 bridgehead atoms. The Hall–Kier alpha value is -1.07. The smallest absolute Gasteiger partial charge is 0.251 e. The number of nitrogens with one attached hydrogen (secondary N) is 1. The molecule has 94 valence electrons. The van der Waals surface area contributed by atoms with Crippen LogP contribution >= 0.6 is 15.9 Å². The second-order valence-electron chi connectivity index (χ2n) is 4.02. The summed E-state index contributed by atoms with van der Waals surface area (Å²) in [6.45, 7) is 2.28. The molecule has 1 aromatic carbocycles. The maximum absolute atomic E-state index is 11.7. The summed E-state index contributed by atoms with van der Waals surface area (Å²) in [7, 11) is 0. The highest BCUT2D eigenvalue weighted by atomic mass is 79.9. The van der Waals surface area contributed by atoms with Crippen molar-refractivity contribution in [3.8, 4) is 0 Å². The van der Waals surface area contributed by atoms with E-state index < -0.39 is 0 Å². The SMILES string of the molecule is CC(O)CCCNC(=O)c1cc(N)cc(Br)c1. The van der Waals surface area contributed by atoms with Gasteiger partial charge in [-0.05, 0) is 38.0 Å². The van der Waals surface area contributed by atoms with E-state index in [-0.39, 0.29) is 12.0 Å². The lowest BCUT2D eigenvalue weighted by molar-refractivity contribution is 0.0949. The number of rotatable bonds is 5. The predicted octanol–water partition coefficient (Wildman–Crippen LogP) is 1.92. The molecule has 17 heavy (non-hydrogen) atoms. The Morgan fingerprint density at radius 1 is 1.53 bits per heavy atom.